The number of benzene rings is 1. The van der Waals surface area contributed by atoms with Crippen molar-refractivity contribution in [3.8, 4) is 0 Å². The van der Waals surface area contributed by atoms with Crippen LogP contribution in [0.5, 0.6) is 0 Å². The zero-order valence-electron chi connectivity index (χ0n) is 19.3. The van der Waals surface area contributed by atoms with Gasteiger partial charge in [0.2, 0.25) is 11.8 Å². The summed E-state index contributed by atoms with van der Waals surface area (Å²) in [6.07, 6.45) is 0.998. The summed E-state index contributed by atoms with van der Waals surface area (Å²) in [5, 5.41) is 2.28. The lowest BCUT2D eigenvalue weighted by Gasteiger charge is -2.34. The van der Waals surface area contributed by atoms with E-state index in [2.05, 4.69) is 5.32 Å². The van der Waals surface area contributed by atoms with E-state index in [0.717, 1.165) is 0 Å². The van der Waals surface area contributed by atoms with Gasteiger partial charge in [0.05, 0.1) is 11.0 Å². The van der Waals surface area contributed by atoms with Crippen molar-refractivity contribution >= 4 is 28.9 Å². The van der Waals surface area contributed by atoms with Crippen LogP contribution in [0.15, 0.2) is 16.9 Å². The fourth-order valence-corrected chi connectivity index (χ4v) is 4.77. The first-order valence-electron chi connectivity index (χ1n) is 11.2. The molecule has 2 aromatic rings. The smallest absolute Gasteiger partial charge is 0.410 e. The Balaban J connectivity index is 1.67. The highest BCUT2D eigenvalue weighted by molar-refractivity contribution is 6.00. The van der Waals surface area contributed by atoms with Crippen molar-refractivity contribution in [1.29, 1.82) is 0 Å². The molecule has 10 heteroatoms. The predicted octanol–water partition coefficient (Wildman–Crippen LogP) is 2.57. The Morgan fingerprint density at radius 2 is 1.79 bits per heavy atom. The number of halogens is 1. The van der Waals surface area contributed by atoms with Crippen molar-refractivity contribution in [2.75, 3.05) is 13.1 Å². The van der Waals surface area contributed by atoms with E-state index in [0.29, 0.717) is 42.5 Å². The lowest BCUT2D eigenvalue weighted by Crippen LogP contribution is -2.44. The van der Waals surface area contributed by atoms with Crippen LogP contribution in [0.3, 0.4) is 0 Å². The molecule has 0 bridgehead atoms. The molecule has 4 rings (SSSR count). The molecule has 1 atom stereocenters. The Morgan fingerprint density at radius 3 is 2.39 bits per heavy atom. The molecule has 2 aliphatic heterocycles. The van der Waals surface area contributed by atoms with Crippen LogP contribution in [0.25, 0.3) is 11.0 Å². The Bertz CT molecular complexity index is 1180. The van der Waals surface area contributed by atoms with Gasteiger partial charge in [0.1, 0.15) is 17.5 Å². The van der Waals surface area contributed by atoms with Gasteiger partial charge in [-0.3, -0.25) is 24.0 Å². The average molecular weight is 461 g/mol. The Morgan fingerprint density at radius 1 is 1.12 bits per heavy atom. The van der Waals surface area contributed by atoms with Gasteiger partial charge in [0.25, 0.3) is 0 Å². The standard InChI is InChI=1S/C23H29FN4O5/c1-23(2,3)33-22(32)27-11-9-13(10-12-27)18-14(24)5-6-15-19(18)26(4)21(31)28(15)16-7-8-17(29)25-20(16)30/h5-6,13,16H,7-12H2,1-4H3,(H,25,29,30). The van der Waals surface area contributed by atoms with Gasteiger partial charge in [-0.25, -0.2) is 14.0 Å². The fraction of sp³-hybridized carbons (Fsp3) is 0.565. The Kier molecular flexibility index (Phi) is 5.79. The molecule has 1 N–H and O–H groups in total. The third-order valence-electron chi connectivity index (χ3n) is 6.31. The second kappa shape index (κ2) is 8.31. The van der Waals surface area contributed by atoms with E-state index < -0.39 is 35.2 Å². The molecule has 3 amide bonds. The van der Waals surface area contributed by atoms with Gasteiger partial charge in [-0.2, -0.15) is 0 Å². The minimum absolute atomic E-state index is 0.135. The molecule has 0 radical (unpaired) electrons. The molecular weight excluding hydrogens is 431 g/mol. The van der Waals surface area contributed by atoms with Gasteiger partial charge in [-0.15, -0.1) is 0 Å². The number of piperidine rings is 2. The van der Waals surface area contributed by atoms with Crippen LogP contribution in [-0.2, 0) is 21.4 Å². The first-order valence-corrected chi connectivity index (χ1v) is 11.2. The van der Waals surface area contributed by atoms with Crippen LogP contribution in [0.1, 0.15) is 64.0 Å². The summed E-state index contributed by atoms with van der Waals surface area (Å²) in [5.74, 6) is -1.52. The van der Waals surface area contributed by atoms with Gasteiger partial charge in [0, 0.05) is 32.1 Å². The molecule has 2 saturated heterocycles. The van der Waals surface area contributed by atoms with E-state index in [9.17, 15) is 19.2 Å². The summed E-state index contributed by atoms with van der Waals surface area (Å²) in [6, 6.07) is 2.00. The summed E-state index contributed by atoms with van der Waals surface area (Å²) in [4.78, 5) is 51.1. The topological polar surface area (TPSA) is 103 Å². The van der Waals surface area contributed by atoms with Crippen LogP contribution >= 0.6 is 0 Å². The number of aromatic nitrogens is 2. The summed E-state index contributed by atoms with van der Waals surface area (Å²) in [7, 11) is 1.56. The minimum atomic E-state index is -0.828. The molecule has 9 nitrogen and oxygen atoms in total. The maximum Gasteiger partial charge on any atom is 0.410 e. The van der Waals surface area contributed by atoms with E-state index in [1.54, 1.807) is 32.7 Å². The molecule has 2 aliphatic rings. The van der Waals surface area contributed by atoms with E-state index in [1.807, 2.05) is 0 Å². The van der Waals surface area contributed by atoms with Crippen LogP contribution in [0.4, 0.5) is 9.18 Å². The van der Waals surface area contributed by atoms with Gasteiger partial charge in [-0.05, 0) is 58.1 Å². The number of likely N-dealkylation sites (tertiary alicyclic amines) is 1. The number of imide groups is 1. The van der Waals surface area contributed by atoms with Crippen molar-refractivity contribution in [3.63, 3.8) is 0 Å². The van der Waals surface area contributed by atoms with Crippen molar-refractivity contribution in [2.24, 2.45) is 7.05 Å². The SMILES string of the molecule is Cn1c(=O)n(C2CCC(=O)NC2=O)c2ccc(F)c(C3CCN(C(=O)OC(C)(C)C)CC3)c21. The molecule has 3 heterocycles. The Hall–Kier alpha value is -3.17. The second-order valence-electron chi connectivity index (χ2n) is 9.75. The quantitative estimate of drug-likeness (QED) is 0.694. The maximum absolute atomic E-state index is 15.1. The van der Waals surface area contributed by atoms with Crippen molar-refractivity contribution in [3.05, 3.63) is 34.0 Å². The first-order chi connectivity index (χ1) is 15.5. The second-order valence-corrected chi connectivity index (χ2v) is 9.75. The third-order valence-corrected chi connectivity index (χ3v) is 6.31. The number of imidazole rings is 1. The average Bonchev–Trinajstić information content (AvgIpc) is 2.98. The number of nitrogens with one attached hydrogen (secondary N) is 1. The molecule has 33 heavy (non-hydrogen) atoms. The number of hydrogen-bond acceptors (Lipinski definition) is 5. The molecule has 0 aliphatic carbocycles. The summed E-state index contributed by atoms with van der Waals surface area (Å²) in [6.45, 7) is 6.25. The predicted molar refractivity (Wildman–Crippen MR) is 118 cm³/mol. The highest BCUT2D eigenvalue weighted by Crippen LogP contribution is 2.36. The number of aryl methyl sites for hydroxylation is 1. The fourth-order valence-electron chi connectivity index (χ4n) is 4.77. The Labute approximate surface area is 190 Å². The van der Waals surface area contributed by atoms with Gasteiger partial charge < -0.3 is 9.64 Å². The molecule has 1 aromatic carbocycles. The molecule has 2 fully saturated rings. The number of fused-ring (bicyclic) bond motifs is 1. The lowest BCUT2D eigenvalue weighted by molar-refractivity contribution is -0.135. The van der Waals surface area contributed by atoms with Crippen LogP contribution in [0, 0.1) is 5.82 Å². The van der Waals surface area contributed by atoms with Crippen LogP contribution in [-0.4, -0.2) is 50.6 Å². The summed E-state index contributed by atoms with van der Waals surface area (Å²) < 4.78 is 23.3. The van der Waals surface area contributed by atoms with Crippen LogP contribution < -0.4 is 11.0 Å². The maximum atomic E-state index is 15.1. The van der Waals surface area contributed by atoms with Gasteiger partial charge in [-0.1, -0.05) is 0 Å². The van der Waals surface area contributed by atoms with Crippen LogP contribution in [0.2, 0.25) is 0 Å². The number of ether oxygens (including phenoxy) is 1. The van der Waals surface area contributed by atoms with Crippen molar-refractivity contribution in [2.45, 2.75) is 64.0 Å². The van der Waals surface area contributed by atoms with E-state index >= 15 is 4.39 Å². The van der Waals surface area contributed by atoms with Gasteiger partial charge in [0.15, 0.2) is 0 Å². The highest BCUT2D eigenvalue weighted by atomic mass is 19.1. The summed E-state index contributed by atoms with van der Waals surface area (Å²) >= 11 is 0. The zero-order valence-corrected chi connectivity index (χ0v) is 19.3. The molecule has 178 valence electrons. The van der Waals surface area contributed by atoms with E-state index in [1.165, 1.54) is 21.3 Å². The number of rotatable bonds is 2. The first kappa shape index (κ1) is 23.0. The molecule has 1 unspecified atom stereocenters. The molecule has 0 saturated carbocycles. The van der Waals surface area contributed by atoms with Crippen molar-refractivity contribution < 1.29 is 23.5 Å². The van der Waals surface area contributed by atoms with Gasteiger partial charge >= 0.3 is 11.8 Å². The monoisotopic (exact) mass is 460 g/mol. The largest absolute Gasteiger partial charge is 0.444 e. The number of hydrogen-bond donors (Lipinski definition) is 1. The van der Waals surface area contributed by atoms with E-state index in [-0.39, 0.29) is 24.7 Å². The normalized spacial score (nSPS) is 20.3. The van der Waals surface area contributed by atoms with E-state index in [4.69, 9.17) is 4.74 Å². The number of carbonyl (C=O) groups excluding carboxylic acids is 3. The summed E-state index contributed by atoms with van der Waals surface area (Å²) in [5.41, 5.74) is 0.297. The molecule has 1 aromatic heterocycles. The number of nitrogens with zero attached hydrogens (tertiary/aromatic N) is 3. The minimum Gasteiger partial charge on any atom is -0.444 e. The highest BCUT2D eigenvalue weighted by Gasteiger charge is 2.34. The third kappa shape index (κ3) is 4.26. The molecular formula is C23H29FN4O5. The molecule has 0 spiro atoms. The number of amides is 3. The zero-order chi connectivity index (χ0) is 24.1. The number of carbonyl (C=O) groups is 3. The lowest BCUT2D eigenvalue weighted by atomic mass is 9.88. The van der Waals surface area contributed by atoms with Crippen molar-refractivity contribution in [1.82, 2.24) is 19.4 Å².